The average Bonchev–Trinajstić information content (AvgIpc) is 2.62. The van der Waals surface area contributed by atoms with E-state index < -0.39 is 19.1 Å². The van der Waals surface area contributed by atoms with Gasteiger partial charge in [-0.2, -0.15) is 0 Å². The molecule has 0 spiro atoms. The second-order valence-corrected chi connectivity index (χ2v) is 4.02. The molecule has 1 rings (SSSR count). The molecule has 4 nitrogen and oxygen atoms in total. The third kappa shape index (κ3) is 3.38. The van der Waals surface area contributed by atoms with E-state index >= 15 is 0 Å². The van der Waals surface area contributed by atoms with Gasteiger partial charge in [-0.25, -0.2) is 8.78 Å². The van der Waals surface area contributed by atoms with Crippen molar-refractivity contribution in [2.45, 2.75) is 25.9 Å². The molecule has 1 saturated heterocycles. The number of hydrogen-bond donors (Lipinski definition) is 1. The van der Waals surface area contributed by atoms with E-state index in [1.54, 1.807) is 0 Å². The number of amides is 1. The lowest BCUT2D eigenvalue weighted by Crippen LogP contribution is -2.45. The Morgan fingerprint density at radius 3 is 2.75 bits per heavy atom. The fourth-order valence-corrected chi connectivity index (χ4v) is 1.81. The third-order valence-corrected chi connectivity index (χ3v) is 2.70. The summed E-state index contributed by atoms with van der Waals surface area (Å²) in [6.07, 6.45) is -2.32. The molecule has 1 aliphatic rings. The standard InChI is InChI=1S/C10H18F2N2O2/c1-7-2-5-16-9(7)10(15)14(4-3-13)6-8(11)12/h7-9H,2-6,13H2,1H3. The van der Waals surface area contributed by atoms with E-state index in [9.17, 15) is 13.6 Å². The Hall–Kier alpha value is -0.750. The second kappa shape index (κ2) is 6.10. The summed E-state index contributed by atoms with van der Waals surface area (Å²) in [4.78, 5) is 13.0. The Morgan fingerprint density at radius 2 is 2.31 bits per heavy atom. The molecule has 0 aromatic heterocycles. The van der Waals surface area contributed by atoms with E-state index in [-0.39, 0.29) is 24.9 Å². The molecule has 0 saturated carbocycles. The number of carbonyl (C=O) groups excluding carboxylic acids is 1. The summed E-state index contributed by atoms with van der Waals surface area (Å²) in [5, 5.41) is 0. The Bertz CT molecular complexity index is 239. The van der Waals surface area contributed by atoms with E-state index in [0.717, 1.165) is 11.3 Å². The first kappa shape index (κ1) is 13.3. The first-order valence-electron chi connectivity index (χ1n) is 5.45. The Morgan fingerprint density at radius 1 is 1.62 bits per heavy atom. The summed E-state index contributed by atoms with van der Waals surface area (Å²) in [7, 11) is 0. The van der Waals surface area contributed by atoms with Crippen LogP contribution in [0.3, 0.4) is 0 Å². The monoisotopic (exact) mass is 236 g/mol. The number of carbonyl (C=O) groups is 1. The van der Waals surface area contributed by atoms with Gasteiger partial charge in [0.05, 0.1) is 6.54 Å². The van der Waals surface area contributed by atoms with Crippen molar-refractivity contribution >= 4 is 5.91 Å². The zero-order chi connectivity index (χ0) is 12.1. The van der Waals surface area contributed by atoms with Gasteiger partial charge in [-0.3, -0.25) is 4.79 Å². The number of halogens is 2. The zero-order valence-electron chi connectivity index (χ0n) is 9.36. The van der Waals surface area contributed by atoms with Crippen molar-refractivity contribution in [1.29, 1.82) is 0 Å². The minimum absolute atomic E-state index is 0.0884. The molecule has 1 fully saturated rings. The lowest BCUT2D eigenvalue weighted by Gasteiger charge is -2.25. The second-order valence-electron chi connectivity index (χ2n) is 4.02. The van der Waals surface area contributed by atoms with Crippen molar-refractivity contribution in [3.05, 3.63) is 0 Å². The first-order valence-corrected chi connectivity index (χ1v) is 5.45. The van der Waals surface area contributed by atoms with Gasteiger partial charge in [0.25, 0.3) is 12.3 Å². The van der Waals surface area contributed by atoms with Crippen molar-refractivity contribution in [3.8, 4) is 0 Å². The van der Waals surface area contributed by atoms with Gasteiger partial charge >= 0.3 is 0 Å². The summed E-state index contributed by atoms with van der Waals surface area (Å²) in [5.41, 5.74) is 5.30. The highest BCUT2D eigenvalue weighted by Crippen LogP contribution is 2.22. The molecule has 0 aliphatic carbocycles. The largest absolute Gasteiger partial charge is 0.368 e. The van der Waals surface area contributed by atoms with E-state index in [2.05, 4.69) is 0 Å². The molecule has 1 aliphatic heterocycles. The van der Waals surface area contributed by atoms with Gasteiger partial charge in [0.15, 0.2) is 0 Å². The molecule has 0 radical (unpaired) electrons. The Balaban J connectivity index is 2.58. The van der Waals surface area contributed by atoms with Crippen molar-refractivity contribution in [1.82, 2.24) is 4.90 Å². The predicted octanol–water partition coefficient (Wildman–Crippen LogP) is 0.464. The molecule has 0 aromatic carbocycles. The molecule has 0 bridgehead atoms. The van der Waals surface area contributed by atoms with Crippen LogP contribution in [-0.4, -0.2) is 49.6 Å². The molecule has 1 heterocycles. The summed E-state index contributed by atoms with van der Waals surface area (Å²) in [6, 6.07) is 0. The lowest BCUT2D eigenvalue weighted by molar-refractivity contribution is -0.144. The summed E-state index contributed by atoms with van der Waals surface area (Å²) >= 11 is 0. The molecule has 2 atom stereocenters. The molecule has 6 heteroatoms. The van der Waals surface area contributed by atoms with Crippen LogP contribution in [0.4, 0.5) is 8.78 Å². The van der Waals surface area contributed by atoms with Crippen molar-refractivity contribution in [2.75, 3.05) is 26.2 Å². The molecule has 2 unspecified atom stereocenters. The maximum absolute atomic E-state index is 12.3. The maximum Gasteiger partial charge on any atom is 0.255 e. The summed E-state index contributed by atoms with van der Waals surface area (Å²) in [6.45, 7) is 2.17. The van der Waals surface area contributed by atoms with Crippen LogP contribution in [-0.2, 0) is 9.53 Å². The van der Waals surface area contributed by atoms with Crippen molar-refractivity contribution in [2.24, 2.45) is 11.7 Å². The van der Waals surface area contributed by atoms with Gasteiger partial charge in [-0.1, -0.05) is 6.92 Å². The van der Waals surface area contributed by atoms with Gasteiger partial charge < -0.3 is 15.4 Å². The number of hydrogen-bond acceptors (Lipinski definition) is 3. The van der Waals surface area contributed by atoms with E-state index in [1.165, 1.54) is 0 Å². The molecular formula is C10H18F2N2O2. The predicted molar refractivity (Wildman–Crippen MR) is 55.2 cm³/mol. The zero-order valence-corrected chi connectivity index (χ0v) is 9.36. The fourth-order valence-electron chi connectivity index (χ4n) is 1.81. The van der Waals surface area contributed by atoms with Crippen LogP contribution in [0.15, 0.2) is 0 Å². The minimum Gasteiger partial charge on any atom is -0.368 e. The van der Waals surface area contributed by atoms with E-state index in [0.29, 0.717) is 6.61 Å². The van der Waals surface area contributed by atoms with Crippen LogP contribution >= 0.6 is 0 Å². The normalized spacial score (nSPS) is 25.1. The van der Waals surface area contributed by atoms with Gasteiger partial charge in [-0.15, -0.1) is 0 Å². The number of ether oxygens (including phenoxy) is 1. The van der Waals surface area contributed by atoms with Crippen LogP contribution in [0.25, 0.3) is 0 Å². The topological polar surface area (TPSA) is 55.6 Å². The number of alkyl halides is 2. The van der Waals surface area contributed by atoms with Gasteiger partial charge in [0.2, 0.25) is 0 Å². The van der Waals surface area contributed by atoms with Gasteiger partial charge in [-0.05, 0) is 12.3 Å². The van der Waals surface area contributed by atoms with Crippen molar-refractivity contribution < 1.29 is 18.3 Å². The average molecular weight is 236 g/mol. The quantitative estimate of drug-likeness (QED) is 0.754. The molecule has 16 heavy (non-hydrogen) atoms. The molecule has 94 valence electrons. The first-order chi connectivity index (χ1) is 7.56. The molecular weight excluding hydrogens is 218 g/mol. The number of rotatable bonds is 5. The molecule has 0 aromatic rings. The van der Waals surface area contributed by atoms with Crippen LogP contribution in [0, 0.1) is 5.92 Å². The minimum atomic E-state index is -2.53. The van der Waals surface area contributed by atoms with E-state index in [4.69, 9.17) is 10.5 Å². The van der Waals surface area contributed by atoms with Crippen LogP contribution in [0.5, 0.6) is 0 Å². The summed E-state index contributed by atoms with van der Waals surface area (Å²) in [5.74, 6) is -0.277. The Kier molecular flexibility index (Phi) is 5.08. The molecule has 2 N–H and O–H groups in total. The number of nitrogens with two attached hydrogens (primary N) is 1. The van der Waals surface area contributed by atoms with Gasteiger partial charge in [0.1, 0.15) is 6.10 Å². The highest BCUT2D eigenvalue weighted by molar-refractivity contribution is 5.81. The highest BCUT2D eigenvalue weighted by atomic mass is 19.3. The van der Waals surface area contributed by atoms with Gasteiger partial charge in [0, 0.05) is 19.7 Å². The van der Waals surface area contributed by atoms with Crippen LogP contribution in [0.1, 0.15) is 13.3 Å². The number of nitrogens with zero attached hydrogens (tertiary/aromatic N) is 1. The third-order valence-electron chi connectivity index (χ3n) is 2.70. The van der Waals surface area contributed by atoms with Crippen molar-refractivity contribution in [3.63, 3.8) is 0 Å². The van der Waals surface area contributed by atoms with Crippen LogP contribution in [0.2, 0.25) is 0 Å². The maximum atomic E-state index is 12.3. The molecule has 1 amide bonds. The summed E-state index contributed by atoms with van der Waals surface area (Å²) < 4.78 is 29.8. The van der Waals surface area contributed by atoms with Crippen LogP contribution < -0.4 is 5.73 Å². The van der Waals surface area contributed by atoms with E-state index in [1.807, 2.05) is 6.92 Å². The fraction of sp³-hybridized carbons (Fsp3) is 0.900. The Labute approximate surface area is 93.7 Å². The highest BCUT2D eigenvalue weighted by Gasteiger charge is 2.34. The SMILES string of the molecule is CC1CCOC1C(=O)N(CCN)CC(F)F. The lowest BCUT2D eigenvalue weighted by atomic mass is 10.0. The smallest absolute Gasteiger partial charge is 0.255 e.